The summed E-state index contributed by atoms with van der Waals surface area (Å²) >= 11 is 6.73. The van der Waals surface area contributed by atoms with Crippen LogP contribution in [0, 0.1) is 11.8 Å². The van der Waals surface area contributed by atoms with Crippen molar-refractivity contribution < 1.29 is 4.74 Å². The van der Waals surface area contributed by atoms with Gasteiger partial charge in [-0.1, -0.05) is 31.9 Å². The van der Waals surface area contributed by atoms with Crippen molar-refractivity contribution in [3.05, 3.63) is 29.3 Å². The SMILES string of the molecule is CC1CCC(C(Cl)c2ccc3c(c2)CCCO3)CC1. The molecule has 2 aliphatic rings. The predicted octanol–water partition coefficient (Wildman–Crippen LogP) is 5.12. The normalized spacial score (nSPS) is 28.3. The Morgan fingerprint density at radius 2 is 2.00 bits per heavy atom. The summed E-state index contributed by atoms with van der Waals surface area (Å²) in [5.74, 6) is 2.61. The third kappa shape index (κ3) is 2.91. The van der Waals surface area contributed by atoms with Gasteiger partial charge in [-0.2, -0.15) is 0 Å². The molecule has 0 N–H and O–H groups in total. The number of aryl methyl sites for hydroxylation is 1. The summed E-state index contributed by atoms with van der Waals surface area (Å²) in [6, 6.07) is 6.56. The molecule has 0 saturated heterocycles. The van der Waals surface area contributed by atoms with Crippen molar-refractivity contribution in [1.29, 1.82) is 0 Å². The van der Waals surface area contributed by atoms with Crippen molar-refractivity contribution in [2.75, 3.05) is 6.61 Å². The van der Waals surface area contributed by atoms with Crippen LogP contribution in [0.2, 0.25) is 0 Å². The lowest BCUT2D eigenvalue weighted by Gasteiger charge is -2.30. The van der Waals surface area contributed by atoms with E-state index in [9.17, 15) is 0 Å². The second-order valence-corrected chi connectivity index (χ2v) is 6.71. The fraction of sp³-hybridized carbons (Fsp3) is 0.647. The van der Waals surface area contributed by atoms with E-state index in [-0.39, 0.29) is 5.38 Å². The monoisotopic (exact) mass is 278 g/mol. The Kier molecular flexibility index (Phi) is 4.02. The highest BCUT2D eigenvalue weighted by Crippen LogP contribution is 2.41. The lowest BCUT2D eigenvalue weighted by Crippen LogP contribution is -2.17. The minimum Gasteiger partial charge on any atom is -0.493 e. The maximum Gasteiger partial charge on any atom is 0.122 e. The summed E-state index contributed by atoms with van der Waals surface area (Å²) in [5.41, 5.74) is 2.64. The number of ether oxygens (including phenoxy) is 1. The number of halogens is 1. The molecule has 1 unspecified atom stereocenters. The molecule has 19 heavy (non-hydrogen) atoms. The maximum atomic E-state index is 6.73. The fourth-order valence-corrected chi connectivity index (χ4v) is 3.79. The quantitative estimate of drug-likeness (QED) is 0.683. The number of benzene rings is 1. The van der Waals surface area contributed by atoms with Crippen molar-refractivity contribution >= 4 is 11.6 Å². The van der Waals surface area contributed by atoms with Crippen LogP contribution >= 0.6 is 11.6 Å². The first-order valence-corrected chi connectivity index (χ1v) is 8.07. The van der Waals surface area contributed by atoms with Crippen molar-refractivity contribution in [3.8, 4) is 5.75 Å². The van der Waals surface area contributed by atoms with E-state index >= 15 is 0 Å². The largest absolute Gasteiger partial charge is 0.493 e. The number of alkyl halides is 1. The summed E-state index contributed by atoms with van der Waals surface area (Å²) in [6.07, 6.45) is 7.49. The van der Waals surface area contributed by atoms with Crippen LogP contribution in [0.15, 0.2) is 18.2 Å². The molecule has 0 aromatic heterocycles. The molecule has 3 rings (SSSR count). The predicted molar refractivity (Wildman–Crippen MR) is 80.0 cm³/mol. The van der Waals surface area contributed by atoms with E-state index in [2.05, 4.69) is 25.1 Å². The molecule has 1 aromatic rings. The molecule has 0 spiro atoms. The Bertz CT molecular complexity index is 435. The van der Waals surface area contributed by atoms with Gasteiger partial charge in [0.25, 0.3) is 0 Å². The highest BCUT2D eigenvalue weighted by molar-refractivity contribution is 6.21. The van der Waals surface area contributed by atoms with Crippen molar-refractivity contribution in [3.63, 3.8) is 0 Å². The van der Waals surface area contributed by atoms with E-state index in [0.29, 0.717) is 5.92 Å². The summed E-state index contributed by atoms with van der Waals surface area (Å²) in [5, 5.41) is 0.180. The van der Waals surface area contributed by atoms with E-state index in [1.807, 2.05) is 0 Å². The molecule has 1 nitrogen and oxygen atoms in total. The molecule has 1 aliphatic heterocycles. The second kappa shape index (κ2) is 5.75. The average Bonchev–Trinajstić information content (AvgIpc) is 2.47. The highest BCUT2D eigenvalue weighted by Gasteiger charge is 2.26. The van der Waals surface area contributed by atoms with Gasteiger partial charge in [-0.15, -0.1) is 11.6 Å². The van der Waals surface area contributed by atoms with Gasteiger partial charge in [0.15, 0.2) is 0 Å². The molecule has 0 radical (unpaired) electrons. The number of rotatable bonds is 2. The topological polar surface area (TPSA) is 9.23 Å². The molecule has 104 valence electrons. The second-order valence-electron chi connectivity index (χ2n) is 6.24. The molecular weight excluding hydrogens is 256 g/mol. The number of fused-ring (bicyclic) bond motifs is 1. The molecule has 1 aromatic carbocycles. The lowest BCUT2D eigenvalue weighted by molar-refractivity contribution is 0.281. The van der Waals surface area contributed by atoms with Crippen molar-refractivity contribution in [1.82, 2.24) is 0 Å². The Morgan fingerprint density at radius 1 is 1.21 bits per heavy atom. The highest BCUT2D eigenvalue weighted by atomic mass is 35.5. The molecule has 1 saturated carbocycles. The molecule has 1 heterocycles. The van der Waals surface area contributed by atoms with E-state index in [1.54, 1.807) is 0 Å². The van der Waals surface area contributed by atoms with Crippen LogP contribution < -0.4 is 4.74 Å². The minimum absolute atomic E-state index is 0.180. The maximum absolute atomic E-state index is 6.73. The molecule has 0 bridgehead atoms. The van der Waals surface area contributed by atoms with Crippen LogP contribution in [-0.2, 0) is 6.42 Å². The Hall–Kier alpha value is -0.690. The summed E-state index contributed by atoms with van der Waals surface area (Å²) in [4.78, 5) is 0. The minimum atomic E-state index is 0.180. The van der Waals surface area contributed by atoms with Gasteiger partial charge in [0.05, 0.1) is 12.0 Å². The van der Waals surface area contributed by atoms with E-state index in [0.717, 1.165) is 31.1 Å². The van der Waals surface area contributed by atoms with Gasteiger partial charge in [-0.3, -0.25) is 0 Å². The van der Waals surface area contributed by atoms with Crippen LogP contribution in [-0.4, -0.2) is 6.61 Å². The van der Waals surface area contributed by atoms with Gasteiger partial charge >= 0.3 is 0 Å². The van der Waals surface area contributed by atoms with Gasteiger partial charge in [0.1, 0.15) is 5.75 Å². The van der Waals surface area contributed by atoms with Gasteiger partial charge in [-0.05, 0) is 54.7 Å². The Labute approximate surface area is 121 Å². The zero-order valence-electron chi connectivity index (χ0n) is 11.7. The van der Waals surface area contributed by atoms with Crippen LogP contribution in [0.25, 0.3) is 0 Å². The lowest BCUT2D eigenvalue weighted by atomic mass is 9.79. The van der Waals surface area contributed by atoms with Gasteiger partial charge in [0, 0.05) is 0 Å². The van der Waals surface area contributed by atoms with Crippen LogP contribution in [0.5, 0.6) is 5.75 Å². The van der Waals surface area contributed by atoms with Crippen molar-refractivity contribution in [2.45, 2.75) is 50.8 Å². The summed E-state index contributed by atoms with van der Waals surface area (Å²) in [7, 11) is 0. The Balaban J connectivity index is 1.74. The molecule has 1 atom stereocenters. The van der Waals surface area contributed by atoms with Crippen LogP contribution in [0.4, 0.5) is 0 Å². The van der Waals surface area contributed by atoms with E-state index in [4.69, 9.17) is 16.3 Å². The third-order valence-corrected chi connectivity index (χ3v) is 5.33. The zero-order valence-corrected chi connectivity index (χ0v) is 12.5. The van der Waals surface area contributed by atoms with E-state index < -0.39 is 0 Å². The van der Waals surface area contributed by atoms with Crippen LogP contribution in [0.1, 0.15) is 55.5 Å². The first-order chi connectivity index (χ1) is 9.24. The van der Waals surface area contributed by atoms with E-state index in [1.165, 1.54) is 36.8 Å². The smallest absolute Gasteiger partial charge is 0.122 e. The number of hydrogen-bond acceptors (Lipinski definition) is 1. The standard InChI is InChI=1S/C17H23ClO/c1-12-4-6-13(7-5-12)17(18)15-8-9-16-14(11-15)3-2-10-19-16/h8-9,11-13,17H,2-7,10H2,1H3. The first-order valence-electron chi connectivity index (χ1n) is 7.63. The average molecular weight is 279 g/mol. The fourth-order valence-electron chi connectivity index (χ4n) is 3.40. The molecule has 1 aliphatic carbocycles. The van der Waals surface area contributed by atoms with Gasteiger partial charge in [-0.25, -0.2) is 0 Å². The summed E-state index contributed by atoms with van der Waals surface area (Å²) < 4.78 is 5.67. The van der Waals surface area contributed by atoms with Gasteiger partial charge < -0.3 is 4.74 Å². The third-order valence-electron chi connectivity index (χ3n) is 4.73. The molecule has 2 heteroatoms. The van der Waals surface area contributed by atoms with Crippen molar-refractivity contribution in [2.24, 2.45) is 11.8 Å². The molecule has 1 fully saturated rings. The van der Waals surface area contributed by atoms with Crippen LogP contribution in [0.3, 0.4) is 0 Å². The molecule has 0 amide bonds. The zero-order chi connectivity index (χ0) is 13.2. The Morgan fingerprint density at radius 3 is 2.79 bits per heavy atom. The summed E-state index contributed by atoms with van der Waals surface area (Å²) in [6.45, 7) is 3.22. The number of hydrogen-bond donors (Lipinski definition) is 0. The molecular formula is C17H23ClO. The van der Waals surface area contributed by atoms with Gasteiger partial charge in [0.2, 0.25) is 0 Å². The first kappa shape index (κ1) is 13.3.